The molecule has 1 saturated heterocycles. The zero-order valence-electron chi connectivity index (χ0n) is 17.5. The lowest BCUT2D eigenvalue weighted by molar-refractivity contribution is -0.122. The molecule has 2 amide bonds. The molecule has 30 heavy (non-hydrogen) atoms. The maximum atomic E-state index is 12.7. The van der Waals surface area contributed by atoms with Crippen LogP contribution in [0.25, 0.3) is 0 Å². The SMILES string of the molecule is NC(=O)[C@@H]1CCCN(c2ccc(CNC(=O)c3cc4c(s3)CCCCCC4)cc2)C1. The number of benzene rings is 1. The monoisotopic (exact) mass is 425 g/mol. The summed E-state index contributed by atoms with van der Waals surface area (Å²) in [6, 6.07) is 10.4. The van der Waals surface area contributed by atoms with Crippen molar-refractivity contribution in [2.45, 2.75) is 57.9 Å². The molecule has 1 atom stereocenters. The molecule has 1 fully saturated rings. The first-order chi connectivity index (χ1) is 14.6. The average Bonchev–Trinajstić information content (AvgIpc) is 3.14. The van der Waals surface area contributed by atoms with E-state index in [1.54, 1.807) is 11.3 Å². The Kier molecular flexibility index (Phi) is 6.72. The van der Waals surface area contributed by atoms with Crippen molar-refractivity contribution in [1.29, 1.82) is 0 Å². The highest BCUT2D eigenvalue weighted by Gasteiger charge is 2.24. The van der Waals surface area contributed by atoms with Gasteiger partial charge in [0, 0.05) is 30.2 Å². The Hall–Kier alpha value is -2.34. The zero-order chi connectivity index (χ0) is 20.9. The molecule has 6 heteroatoms. The molecular weight excluding hydrogens is 394 g/mol. The van der Waals surface area contributed by atoms with E-state index in [0.29, 0.717) is 13.1 Å². The lowest BCUT2D eigenvalue weighted by atomic mass is 9.97. The van der Waals surface area contributed by atoms with Gasteiger partial charge in [0.1, 0.15) is 0 Å². The fourth-order valence-corrected chi connectivity index (χ4v) is 5.66. The van der Waals surface area contributed by atoms with Crippen molar-refractivity contribution in [3.8, 4) is 0 Å². The van der Waals surface area contributed by atoms with Gasteiger partial charge in [-0.2, -0.15) is 0 Å². The third-order valence-electron chi connectivity index (χ3n) is 6.30. The summed E-state index contributed by atoms with van der Waals surface area (Å²) in [6.45, 7) is 2.16. The van der Waals surface area contributed by atoms with Gasteiger partial charge in [-0.3, -0.25) is 9.59 Å². The minimum atomic E-state index is -0.208. The fourth-order valence-electron chi connectivity index (χ4n) is 4.49. The Morgan fingerprint density at radius 2 is 1.83 bits per heavy atom. The zero-order valence-corrected chi connectivity index (χ0v) is 18.3. The van der Waals surface area contributed by atoms with Crippen LogP contribution in [-0.2, 0) is 24.2 Å². The number of hydrogen-bond donors (Lipinski definition) is 2. The predicted molar refractivity (Wildman–Crippen MR) is 122 cm³/mol. The lowest BCUT2D eigenvalue weighted by Crippen LogP contribution is -2.41. The first kappa shape index (κ1) is 20.9. The number of rotatable bonds is 5. The van der Waals surface area contributed by atoms with Crippen LogP contribution in [0.4, 0.5) is 5.69 Å². The van der Waals surface area contributed by atoms with E-state index >= 15 is 0 Å². The number of nitrogens with zero attached hydrogens (tertiary/aromatic N) is 1. The number of carbonyl (C=O) groups excluding carboxylic acids is 2. The van der Waals surface area contributed by atoms with Gasteiger partial charge in [-0.05, 0) is 67.9 Å². The molecule has 0 bridgehead atoms. The predicted octanol–water partition coefficient (Wildman–Crippen LogP) is 4.04. The normalized spacial score (nSPS) is 19.5. The van der Waals surface area contributed by atoms with Crippen LogP contribution >= 0.6 is 11.3 Å². The molecule has 4 rings (SSSR count). The molecule has 0 saturated carbocycles. The molecule has 1 aromatic heterocycles. The van der Waals surface area contributed by atoms with Gasteiger partial charge in [0.2, 0.25) is 5.91 Å². The molecule has 0 radical (unpaired) electrons. The molecule has 2 heterocycles. The quantitative estimate of drug-likeness (QED) is 0.759. The number of aryl methyl sites for hydroxylation is 2. The highest BCUT2D eigenvalue weighted by atomic mass is 32.1. The summed E-state index contributed by atoms with van der Waals surface area (Å²) in [5.41, 5.74) is 9.05. The second-order valence-electron chi connectivity index (χ2n) is 8.51. The second-order valence-corrected chi connectivity index (χ2v) is 9.65. The number of anilines is 1. The summed E-state index contributed by atoms with van der Waals surface area (Å²) >= 11 is 1.67. The number of fused-ring (bicyclic) bond motifs is 1. The van der Waals surface area contributed by atoms with Crippen molar-refractivity contribution in [2.24, 2.45) is 11.7 Å². The number of nitrogens with two attached hydrogens (primary N) is 1. The van der Waals surface area contributed by atoms with Gasteiger partial charge in [0.25, 0.3) is 5.91 Å². The first-order valence-electron chi connectivity index (χ1n) is 11.1. The molecule has 1 aliphatic carbocycles. The van der Waals surface area contributed by atoms with Crippen molar-refractivity contribution < 1.29 is 9.59 Å². The number of thiophene rings is 1. The maximum absolute atomic E-state index is 12.7. The van der Waals surface area contributed by atoms with Crippen LogP contribution in [0.1, 0.15) is 64.2 Å². The summed E-state index contributed by atoms with van der Waals surface area (Å²) in [7, 11) is 0. The van der Waals surface area contributed by atoms with Crippen molar-refractivity contribution in [3.63, 3.8) is 0 Å². The number of hydrogen-bond acceptors (Lipinski definition) is 4. The van der Waals surface area contributed by atoms with E-state index in [4.69, 9.17) is 5.73 Å². The standard InChI is InChI=1S/C24H31N3O2S/c25-23(28)19-7-5-13-27(16-19)20-11-9-17(10-12-20)15-26-24(29)22-14-18-6-3-1-2-4-8-21(18)30-22/h9-12,14,19H,1-8,13,15-16H2,(H2,25,28)(H,26,29)/t19-/m1/s1. The van der Waals surface area contributed by atoms with Gasteiger partial charge in [0.05, 0.1) is 10.8 Å². The van der Waals surface area contributed by atoms with Crippen LogP contribution in [0.2, 0.25) is 0 Å². The Labute approximate surface area is 182 Å². The summed E-state index contributed by atoms with van der Waals surface area (Å²) in [5, 5.41) is 3.07. The van der Waals surface area contributed by atoms with Gasteiger partial charge < -0.3 is 16.0 Å². The highest BCUT2D eigenvalue weighted by molar-refractivity contribution is 7.14. The molecule has 160 valence electrons. The van der Waals surface area contributed by atoms with E-state index in [0.717, 1.165) is 48.4 Å². The van der Waals surface area contributed by atoms with Crippen LogP contribution in [-0.4, -0.2) is 24.9 Å². The Morgan fingerprint density at radius 3 is 2.60 bits per heavy atom. The topological polar surface area (TPSA) is 75.4 Å². The van der Waals surface area contributed by atoms with Gasteiger partial charge >= 0.3 is 0 Å². The summed E-state index contributed by atoms with van der Waals surface area (Å²) in [4.78, 5) is 28.6. The van der Waals surface area contributed by atoms with E-state index in [-0.39, 0.29) is 17.7 Å². The number of carbonyl (C=O) groups is 2. The third kappa shape index (κ3) is 5.04. The third-order valence-corrected chi connectivity index (χ3v) is 7.53. The van der Waals surface area contributed by atoms with E-state index in [1.807, 2.05) is 0 Å². The Balaban J connectivity index is 1.33. The van der Waals surface area contributed by atoms with E-state index in [1.165, 1.54) is 36.1 Å². The number of primary amides is 1. The van der Waals surface area contributed by atoms with Gasteiger partial charge in [-0.25, -0.2) is 0 Å². The van der Waals surface area contributed by atoms with Crippen LogP contribution in [0.15, 0.2) is 30.3 Å². The smallest absolute Gasteiger partial charge is 0.261 e. The summed E-state index contributed by atoms with van der Waals surface area (Å²) in [5.74, 6) is -0.250. The second kappa shape index (κ2) is 9.65. The van der Waals surface area contributed by atoms with E-state index in [2.05, 4.69) is 40.5 Å². The maximum Gasteiger partial charge on any atom is 0.261 e. The molecule has 0 unspecified atom stereocenters. The van der Waals surface area contributed by atoms with Gasteiger partial charge in [-0.15, -0.1) is 11.3 Å². The highest BCUT2D eigenvalue weighted by Crippen LogP contribution is 2.28. The minimum absolute atomic E-state index is 0.0242. The van der Waals surface area contributed by atoms with Crippen LogP contribution in [0.3, 0.4) is 0 Å². The van der Waals surface area contributed by atoms with Crippen LogP contribution < -0.4 is 16.0 Å². The molecular formula is C24H31N3O2S. The minimum Gasteiger partial charge on any atom is -0.371 e. The van der Waals surface area contributed by atoms with Crippen molar-refractivity contribution in [1.82, 2.24) is 5.32 Å². The van der Waals surface area contributed by atoms with Gasteiger partial charge in [0.15, 0.2) is 0 Å². The van der Waals surface area contributed by atoms with Crippen molar-refractivity contribution >= 4 is 28.8 Å². The number of amides is 2. The first-order valence-corrected chi connectivity index (χ1v) is 11.9. The molecule has 2 aliphatic rings. The summed E-state index contributed by atoms with van der Waals surface area (Å²) < 4.78 is 0. The lowest BCUT2D eigenvalue weighted by Gasteiger charge is -2.33. The molecule has 1 aliphatic heterocycles. The van der Waals surface area contributed by atoms with E-state index < -0.39 is 0 Å². The van der Waals surface area contributed by atoms with Crippen molar-refractivity contribution in [2.75, 3.05) is 18.0 Å². The Bertz CT molecular complexity index is 865. The van der Waals surface area contributed by atoms with Crippen molar-refractivity contribution in [3.05, 3.63) is 51.2 Å². The van der Waals surface area contributed by atoms with E-state index in [9.17, 15) is 9.59 Å². The average molecular weight is 426 g/mol. The van der Waals surface area contributed by atoms with Gasteiger partial charge in [-0.1, -0.05) is 25.0 Å². The summed E-state index contributed by atoms with van der Waals surface area (Å²) in [6.07, 6.45) is 9.14. The molecule has 0 spiro atoms. The Morgan fingerprint density at radius 1 is 1.07 bits per heavy atom. The number of piperidine rings is 1. The van der Waals surface area contributed by atoms with Crippen LogP contribution in [0.5, 0.6) is 0 Å². The molecule has 3 N–H and O–H groups in total. The number of nitrogens with one attached hydrogen (secondary N) is 1. The molecule has 2 aromatic rings. The molecule has 5 nitrogen and oxygen atoms in total. The fraction of sp³-hybridized carbons (Fsp3) is 0.500. The van der Waals surface area contributed by atoms with Crippen LogP contribution in [0, 0.1) is 5.92 Å². The molecule has 1 aromatic carbocycles. The largest absolute Gasteiger partial charge is 0.371 e.